The summed E-state index contributed by atoms with van der Waals surface area (Å²) in [6.45, 7) is 4.10. The van der Waals surface area contributed by atoms with Crippen LogP contribution in [0.1, 0.15) is 13.3 Å². The van der Waals surface area contributed by atoms with E-state index in [9.17, 15) is 9.59 Å². The molecule has 3 N–H and O–H groups in total. The van der Waals surface area contributed by atoms with E-state index in [-0.39, 0.29) is 11.9 Å². The molecule has 0 saturated carbocycles. The molecule has 0 aliphatic heterocycles. The van der Waals surface area contributed by atoms with Crippen LogP contribution in [0.2, 0.25) is 0 Å². The SMILES string of the molecule is CCCNCC(=O)NCCNC(=O)N(C)C. The molecule has 0 atom stereocenters. The molecule has 0 radical (unpaired) electrons. The minimum absolute atomic E-state index is 0.0486. The average Bonchev–Trinajstić information content (AvgIpc) is 2.24. The standard InChI is InChI=1S/C10H22N4O2/c1-4-5-11-8-9(15)12-6-7-13-10(16)14(2)3/h11H,4-8H2,1-3H3,(H,12,15)(H,13,16). The van der Waals surface area contributed by atoms with Crippen molar-refractivity contribution in [1.29, 1.82) is 0 Å². The number of carbonyl (C=O) groups excluding carboxylic acids is 2. The Morgan fingerprint density at radius 2 is 1.69 bits per heavy atom. The zero-order valence-corrected chi connectivity index (χ0v) is 10.3. The van der Waals surface area contributed by atoms with Crippen molar-refractivity contribution >= 4 is 11.9 Å². The van der Waals surface area contributed by atoms with Crippen molar-refractivity contribution in [2.24, 2.45) is 0 Å². The van der Waals surface area contributed by atoms with Crippen LogP contribution in [0, 0.1) is 0 Å². The number of nitrogens with one attached hydrogen (secondary N) is 3. The number of hydrogen-bond acceptors (Lipinski definition) is 3. The Kier molecular flexibility index (Phi) is 8.24. The second-order valence-corrected chi connectivity index (χ2v) is 3.65. The maximum absolute atomic E-state index is 11.2. The van der Waals surface area contributed by atoms with Crippen LogP contribution in [-0.2, 0) is 4.79 Å². The lowest BCUT2D eigenvalue weighted by Gasteiger charge is -2.12. The first-order valence-corrected chi connectivity index (χ1v) is 5.50. The van der Waals surface area contributed by atoms with Crippen LogP contribution in [-0.4, -0.2) is 57.1 Å². The third-order valence-electron chi connectivity index (χ3n) is 1.84. The molecular formula is C10H22N4O2. The fraction of sp³-hybridized carbons (Fsp3) is 0.800. The number of hydrogen-bond donors (Lipinski definition) is 3. The molecule has 0 fully saturated rings. The Balaban J connectivity index is 3.37. The van der Waals surface area contributed by atoms with Crippen LogP contribution in [0.5, 0.6) is 0 Å². The molecule has 16 heavy (non-hydrogen) atoms. The maximum Gasteiger partial charge on any atom is 0.316 e. The summed E-state index contributed by atoms with van der Waals surface area (Å²) in [5.74, 6) is -0.0486. The smallest absolute Gasteiger partial charge is 0.316 e. The monoisotopic (exact) mass is 230 g/mol. The van der Waals surface area contributed by atoms with Gasteiger partial charge in [-0.3, -0.25) is 4.79 Å². The van der Waals surface area contributed by atoms with E-state index in [0.29, 0.717) is 19.6 Å². The molecular weight excluding hydrogens is 208 g/mol. The zero-order valence-electron chi connectivity index (χ0n) is 10.3. The van der Waals surface area contributed by atoms with Crippen molar-refractivity contribution in [3.63, 3.8) is 0 Å². The van der Waals surface area contributed by atoms with E-state index in [0.717, 1.165) is 13.0 Å². The fourth-order valence-electron chi connectivity index (χ4n) is 0.971. The van der Waals surface area contributed by atoms with Gasteiger partial charge in [0.15, 0.2) is 0 Å². The molecule has 0 rings (SSSR count). The van der Waals surface area contributed by atoms with E-state index in [1.807, 2.05) is 6.92 Å². The topological polar surface area (TPSA) is 73.5 Å². The van der Waals surface area contributed by atoms with Crippen LogP contribution in [0.4, 0.5) is 4.79 Å². The summed E-state index contributed by atoms with van der Waals surface area (Å²) in [4.78, 5) is 23.7. The molecule has 0 bridgehead atoms. The Labute approximate surface area is 96.8 Å². The third kappa shape index (κ3) is 8.05. The molecule has 6 heteroatoms. The van der Waals surface area contributed by atoms with Gasteiger partial charge in [0, 0.05) is 27.2 Å². The summed E-state index contributed by atoms with van der Waals surface area (Å²) in [7, 11) is 3.34. The third-order valence-corrected chi connectivity index (χ3v) is 1.84. The summed E-state index contributed by atoms with van der Waals surface area (Å²) in [6, 6.07) is -0.154. The molecule has 0 spiro atoms. The van der Waals surface area contributed by atoms with E-state index in [4.69, 9.17) is 0 Å². The van der Waals surface area contributed by atoms with E-state index >= 15 is 0 Å². The molecule has 0 aromatic heterocycles. The van der Waals surface area contributed by atoms with Gasteiger partial charge < -0.3 is 20.9 Å². The van der Waals surface area contributed by atoms with Crippen molar-refractivity contribution in [3.8, 4) is 0 Å². The number of amides is 3. The van der Waals surface area contributed by atoms with Crippen LogP contribution >= 0.6 is 0 Å². The minimum atomic E-state index is -0.154. The van der Waals surface area contributed by atoms with Crippen molar-refractivity contribution in [2.75, 3.05) is 40.3 Å². The molecule has 3 amide bonds. The van der Waals surface area contributed by atoms with Gasteiger partial charge in [0.1, 0.15) is 0 Å². The van der Waals surface area contributed by atoms with Gasteiger partial charge in [-0.1, -0.05) is 6.92 Å². The van der Waals surface area contributed by atoms with Gasteiger partial charge in [0.2, 0.25) is 5.91 Å². The molecule has 94 valence electrons. The molecule has 0 aromatic carbocycles. The van der Waals surface area contributed by atoms with Gasteiger partial charge in [0.25, 0.3) is 0 Å². The Hall–Kier alpha value is -1.30. The Morgan fingerprint density at radius 3 is 2.25 bits per heavy atom. The summed E-state index contributed by atoms with van der Waals surface area (Å²) in [5, 5.41) is 8.35. The number of nitrogens with zero attached hydrogens (tertiary/aromatic N) is 1. The highest BCUT2D eigenvalue weighted by Gasteiger charge is 2.02. The van der Waals surface area contributed by atoms with Crippen LogP contribution in [0.25, 0.3) is 0 Å². The molecule has 0 heterocycles. The van der Waals surface area contributed by atoms with E-state index in [1.54, 1.807) is 14.1 Å². The lowest BCUT2D eigenvalue weighted by atomic mass is 10.4. The van der Waals surface area contributed by atoms with Crippen molar-refractivity contribution < 1.29 is 9.59 Å². The largest absolute Gasteiger partial charge is 0.353 e. The van der Waals surface area contributed by atoms with Gasteiger partial charge in [0.05, 0.1) is 6.54 Å². The van der Waals surface area contributed by atoms with Gasteiger partial charge >= 0.3 is 6.03 Å². The fourth-order valence-corrected chi connectivity index (χ4v) is 0.971. The van der Waals surface area contributed by atoms with Gasteiger partial charge in [-0.2, -0.15) is 0 Å². The van der Waals surface area contributed by atoms with Crippen LogP contribution in [0.3, 0.4) is 0 Å². The number of urea groups is 1. The second-order valence-electron chi connectivity index (χ2n) is 3.65. The first-order chi connectivity index (χ1) is 7.57. The Bertz CT molecular complexity index is 219. The highest BCUT2D eigenvalue weighted by molar-refractivity contribution is 5.78. The van der Waals surface area contributed by atoms with E-state index in [1.165, 1.54) is 4.90 Å². The van der Waals surface area contributed by atoms with Crippen molar-refractivity contribution in [1.82, 2.24) is 20.9 Å². The van der Waals surface area contributed by atoms with Crippen LogP contribution in [0.15, 0.2) is 0 Å². The average molecular weight is 230 g/mol. The van der Waals surface area contributed by atoms with Crippen molar-refractivity contribution in [2.45, 2.75) is 13.3 Å². The summed E-state index contributed by atoms with van der Waals surface area (Å²) in [5.41, 5.74) is 0. The van der Waals surface area contributed by atoms with Gasteiger partial charge in [-0.05, 0) is 13.0 Å². The minimum Gasteiger partial charge on any atom is -0.353 e. The van der Waals surface area contributed by atoms with Gasteiger partial charge in [-0.15, -0.1) is 0 Å². The van der Waals surface area contributed by atoms with E-state index < -0.39 is 0 Å². The normalized spacial score (nSPS) is 9.69. The predicted octanol–water partition coefficient (Wildman–Crippen LogP) is -0.627. The number of carbonyl (C=O) groups is 2. The molecule has 0 aliphatic rings. The number of rotatable bonds is 7. The first-order valence-electron chi connectivity index (χ1n) is 5.50. The zero-order chi connectivity index (χ0) is 12.4. The first kappa shape index (κ1) is 14.7. The predicted molar refractivity (Wildman–Crippen MR) is 63.3 cm³/mol. The molecule has 0 unspecified atom stereocenters. The Morgan fingerprint density at radius 1 is 1.06 bits per heavy atom. The highest BCUT2D eigenvalue weighted by Crippen LogP contribution is 1.75. The summed E-state index contributed by atoms with van der Waals surface area (Å²) < 4.78 is 0. The highest BCUT2D eigenvalue weighted by atomic mass is 16.2. The van der Waals surface area contributed by atoms with E-state index in [2.05, 4.69) is 16.0 Å². The second kappa shape index (κ2) is 8.96. The summed E-state index contributed by atoms with van der Waals surface area (Å²) >= 11 is 0. The quantitative estimate of drug-likeness (QED) is 0.510. The molecule has 0 aromatic rings. The lowest BCUT2D eigenvalue weighted by Crippen LogP contribution is -2.41. The van der Waals surface area contributed by atoms with Gasteiger partial charge in [-0.25, -0.2) is 4.79 Å². The lowest BCUT2D eigenvalue weighted by molar-refractivity contribution is -0.120. The molecule has 0 aliphatic carbocycles. The molecule has 6 nitrogen and oxygen atoms in total. The maximum atomic E-state index is 11.2. The molecule has 0 saturated heterocycles. The van der Waals surface area contributed by atoms with Crippen LogP contribution < -0.4 is 16.0 Å². The van der Waals surface area contributed by atoms with Crippen molar-refractivity contribution in [3.05, 3.63) is 0 Å². The summed E-state index contributed by atoms with van der Waals surface area (Å²) in [6.07, 6.45) is 1.01.